The van der Waals surface area contributed by atoms with E-state index in [9.17, 15) is 19.2 Å². The Bertz CT molecular complexity index is 556. The molecule has 0 aliphatic carbocycles. The van der Waals surface area contributed by atoms with Crippen LogP contribution >= 0.6 is 0 Å². The van der Waals surface area contributed by atoms with Crippen molar-refractivity contribution in [2.75, 3.05) is 6.54 Å². The summed E-state index contributed by atoms with van der Waals surface area (Å²) in [6.07, 6.45) is 0.0800. The van der Waals surface area contributed by atoms with Gasteiger partial charge < -0.3 is 20.5 Å². The highest BCUT2D eigenvalue weighted by Crippen LogP contribution is 1.99. The Morgan fingerprint density at radius 3 is 2.32 bits per heavy atom. The maximum absolute atomic E-state index is 11.7. The number of carboxylic acid groups (broad SMARTS) is 1. The van der Waals surface area contributed by atoms with E-state index in [1.54, 1.807) is 30.3 Å². The van der Waals surface area contributed by atoms with Crippen molar-refractivity contribution >= 4 is 23.6 Å². The van der Waals surface area contributed by atoms with Crippen molar-refractivity contribution in [1.82, 2.24) is 10.6 Å². The van der Waals surface area contributed by atoms with E-state index in [2.05, 4.69) is 10.6 Å². The van der Waals surface area contributed by atoms with Gasteiger partial charge in [0, 0.05) is 12.0 Å². The molecular formula is C15H18N2O5. The lowest BCUT2D eigenvalue weighted by molar-refractivity contribution is -0.142. The topological polar surface area (TPSA) is 113 Å². The molecule has 0 aliphatic rings. The second-order valence-corrected chi connectivity index (χ2v) is 4.75. The van der Waals surface area contributed by atoms with Crippen molar-refractivity contribution in [3.8, 4) is 0 Å². The van der Waals surface area contributed by atoms with Gasteiger partial charge in [0.05, 0.1) is 6.54 Å². The largest absolute Gasteiger partial charge is 0.480 e. The molecule has 0 heterocycles. The lowest BCUT2D eigenvalue weighted by atomic mass is 10.1. The third-order valence-corrected chi connectivity index (χ3v) is 2.86. The fraction of sp³-hybridized carbons (Fsp3) is 0.333. The highest BCUT2D eigenvalue weighted by molar-refractivity contribution is 5.96. The maximum Gasteiger partial charge on any atom is 0.326 e. The van der Waals surface area contributed by atoms with Crippen LogP contribution in [0.2, 0.25) is 0 Å². The van der Waals surface area contributed by atoms with E-state index >= 15 is 0 Å². The van der Waals surface area contributed by atoms with Gasteiger partial charge in [0.15, 0.2) is 0 Å². The number of rotatable bonds is 8. The summed E-state index contributed by atoms with van der Waals surface area (Å²) in [6.45, 7) is 1.01. The molecule has 3 N–H and O–H groups in total. The van der Waals surface area contributed by atoms with Crippen molar-refractivity contribution in [2.24, 2.45) is 0 Å². The molecular weight excluding hydrogens is 288 g/mol. The quantitative estimate of drug-likeness (QED) is 0.641. The zero-order valence-electron chi connectivity index (χ0n) is 12.2. The molecule has 0 saturated heterocycles. The van der Waals surface area contributed by atoms with Crippen molar-refractivity contribution in [1.29, 1.82) is 0 Å². The Balaban J connectivity index is 2.45. The van der Waals surface area contributed by atoms with Crippen LogP contribution in [0.15, 0.2) is 30.3 Å². The van der Waals surface area contributed by atoms with Crippen molar-refractivity contribution < 1.29 is 24.3 Å². The zero-order chi connectivity index (χ0) is 16.5. The van der Waals surface area contributed by atoms with Crippen LogP contribution in [0.4, 0.5) is 0 Å². The van der Waals surface area contributed by atoms with Crippen LogP contribution in [-0.4, -0.2) is 41.3 Å². The van der Waals surface area contributed by atoms with Crippen molar-refractivity contribution in [3.63, 3.8) is 0 Å². The standard InChI is InChI=1S/C15H18N2O5/c1-10(18)7-8-12(15(21)22)17-13(19)9-16-14(20)11-5-3-2-4-6-11/h2-6,12H,7-9H2,1H3,(H,16,20)(H,17,19)(H,21,22)/t12-/m1/s1. The lowest BCUT2D eigenvalue weighted by Gasteiger charge is -2.14. The van der Waals surface area contributed by atoms with Gasteiger partial charge in [-0.1, -0.05) is 18.2 Å². The average Bonchev–Trinajstić information content (AvgIpc) is 2.49. The molecule has 1 rings (SSSR count). The summed E-state index contributed by atoms with van der Waals surface area (Å²) >= 11 is 0. The first-order chi connectivity index (χ1) is 10.4. The zero-order valence-corrected chi connectivity index (χ0v) is 12.2. The molecule has 1 atom stereocenters. The van der Waals surface area contributed by atoms with E-state index in [-0.39, 0.29) is 25.2 Å². The van der Waals surface area contributed by atoms with Crippen molar-refractivity contribution in [2.45, 2.75) is 25.8 Å². The molecule has 0 saturated carbocycles. The van der Waals surface area contributed by atoms with Gasteiger partial charge in [-0.15, -0.1) is 0 Å². The molecule has 7 heteroatoms. The summed E-state index contributed by atoms with van der Waals surface area (Å²) in [6, 6.07) is 7.19. The van der Waals surface area contributed by atoms with Gasteiger partial charge in [-0.25, -0.2) is 4.79 Å². The second-order valence-electron chi connectivity index (χ2n) is 4.75. The predicted octanol–water partition coefficient (Wildman–Crippen LogP) is 0.355. The Labute approximate surface area is 127 Å². The number of carboxylic acids is 1. The summed E-state index contributed by atoms with van der Waals surface area (Å²) in [7, 11) is 0. The van der Waals surface area contributed by atoms with Crippen LogP contribution in [-0.2, 0) is 14.4 Å². The van der Waals surface area contributed by atoms with Gasteiger partial charge in [-0.05, 0) is 25.5 Å². The number of nitrogens with one attached hydrogen (secondary N) is 2. The van der Waals surface area contributed by atoms with E-state index in [0.717, 1.165) is 0 Å². The summed E-state index contributed by atoms with van der Waals surface area (Å²) in [4.78, 5) is 45.3. The molecule has 22 heavy (non-hydrogen) atoms. The minimum atomic E-state index is -1.22. The Morgan fingerprint density at radius 2 is 1.77 bits per heavy atom. The molecule has 0 aromatic heterocycles. The van der Waals surface area contributed by atoms with Crippen molar-refractivity contribution in [3.05, 3.63) is 35.9 Å². The van der Waals surface area contributed by atoms with Gasteiger partial charge >= 0.3 is 5.97 Å². The highest BCUT2D eigenvalue weighted by Gasteiger charge is 2.20. The van der Waals surface area contributed by atoms with E-state index in [1.165, 1.54) is 6.92 Å². The molecule has 0 radical (unpaired) electrons. The monoisotopic (exact) mass is 306 g/mol. The Hall–Kier alpha value is -2.70. The van der Waals surface area contributed by atoms with E-state index < -0.39 is 23.8 Å². The smallest absolute Gasteiger partial charge is 0.326 e. The molecule has 7 nitrogen and oxygen atoms in total. The second kappa shape index (κ2) is 8.56. The van der Waals surface area contributed by atoms with Gasteiger partial charge in [0.2, 0.25) is 5.91 Å². The van der Waals surface area contributed by atoms with Crippen LogP contribution in [0, 0.1) is 0 Å². The maximum atomic E-state index is 11.7. The number of hydrogen-bond donors (Lipinski definition) is 3. The number of aliphatic carboxylic acids is 1. The van der Waals surface area contributed by atoms with Crippen LogP contribution in [0.5, 0.6) is 0 Å². The molecule has 0 bridgehead atoms. The number of benzene rings is 1. The third kappa shape index (κ3) is 6.17. The molecule has 1 aromatic carbocycles. The number of ketones is 1. The highest BCUT2D eigenvalue weighted by atomic mass is 16.4. The van der Waals surface area contributed by atoms with E-state index in [4.69, 9.17) is 5.11 Å². The van der Waals surface area contributed by atoms with E-state index in [1.807, 2.05) is 0 Å². The lowest BCUT2D eigenvalue weighted by Crippen LogP contribution is -2.45. The Kier molecular flexibility index (Phi) is 6.75. The van der Waals surface area contributed by atoms with Gasteiger partial charge in [-0.2, -0.15) is 0 Å². The fourth-order valence-corrected chi connectivity index (χ4v) is 1.70. The van der Waals surface area contributed by atoms with Crippen LogP contribution < -0.4 is 10.6 Å². The van der Waals surface area contributed by atoms with Gasteiger partial charge in [-0.3, -0.25) is 9.59 Å². The minimum Gasteiger partial charge on any atom is -0.480 e. The molecule has 0 fully saturated rings. The summed E-state index contributed by atoms with van der Waals surface area (Å²) in [5, 5.41) is 13.6. The minimum absolute atomic E-state index is 0.0169. The van der Waals surface area contributed by atoms with Gasteiger partial charge in [0.1, 0.15) is 11.8 Å². The predicted molar refractivity (Wildman–Crippen MR) is 78.3 cm³/mol. The molecule has 118 valence electrons. The average molecular weight is 306 g/mol. The summed E-state index contributed by atoms with van der Waals surface area (Å²) in [5.41, 5.74) is 0.404. The SMILES string of the molecule is CC(=O)CC[C@@H](NC(=O)CNC(=O)c1ccccc1)C(=O)O. The molecule has 0 aliphatic heterocycles. The first-order valence-corrected chi connectivity index (χ1v) is 6.75. The number of hydrogen-bond acceptors (Lipinski definition) is 4. The Morgan fingerprint density at radius 1 is 1.14 bits per heavy atom. The van der Waals surface area contributed by atoms with Gasteiger partial charge in [0.25, 0.3) is 5.91 Å². The van der Waals surface area contributed by atoms with Crippen LogP contribution in [0.1, 0.15) is 30.1 Å². The molecule has 0 spiro atoms. The third-order valence-electron chi connectivity index (χ3n) is 2.86. The summed E-state index contributed by atoms with van der Waals surface area (Å²) in [5.74, 6) is -2.42. The first kappa shape index (κ1) is 17.4. The molecule has 0 unspecified atom stereocenters. The number of carbonyl (C=O) groups is 4. The first-order valence-electron chi connectivity index (χ1n) is 6.75. The number of carbonyl (C=O) groups excluding carboxylic acids is 3. The number of amides is 2. The van der Waals surface area contributed by atoms with Crippen LogP contribution in [0.25, 0.3) is 0 Å². The number of Topliss-reactive ketones (excluding diaryl/α,β-unsaturated/α-hetero) is 1. The van der Waals surface area contributed by atoms with Crippen LogP contribution in [0.3, 0.4) is 0 Å². The summed E-state index contributed by atoms with van der Waals surface area (Å²) < 4.78 is 0. The molecule has 2 amide bonds. The molecule has 1 aromatic rings. The van der Waals surface area contributed by atoms with E-state index in [0.29, 0.717) is 5.56 Å². The normalized spacial score (nSPS) is 11.3. The fourth-order valence-electron chi connectivity index (χ4n) is 1.70.